The van der Waals surface area contributed by atoms with E-state index < -0.39 is 9.84 Å². The van der Waals surface area contributed by atoms with Gasteiger partial charge in [0.1, 0.15) is 9.84 Å². The summed E-state index contributed by atoms with van der Waals surface area (Å²) in [5, 5.41) is 0. The van der Waals surface area contributed by atoms with E-state index in [-0.39, 0.29) is 11.8 Å². The second kappa shape index (κ2) is 8.00. The van der Waals surface area contributed by atoms with Crippen LogP contribution in [0.5, 0.6) is 11.5 Å². The van der Waals surface area contributed by atoms with Crippen molar-refractivity contribution in [3.63, 3.8) is 0 Å². The monoisotopic (exact) mass is 379 g/mol. The Balaban J connectivity index is 2.77. The van der Waals surface area contributed by atoms with Gasteiger partial charge >= 0.3 is 0 Å². The molecule has 21 heavy (non-hydrogen) atoms. The molecule has 1 rings (SSSR count). The molecule has 0 fully saturated rings. The van der Waals surface area contributed by atoms with Crippen molar-refractivity contribution < 1.29 is 17.9 Å². The highest BCUT2D eigenvalue weighted by Gasteiger charge is 2.13. The van der Waals surface area contributed by atoms with Crippen molar-refractivity contribution in [3.05, 3.63) is 22.2 Å². The molecule has 0 saturated heterocycles. The van der Waals surface area contributed by atoms with Crippen LogP contribution in [-0.4, -0.2) is 40.2 Å². The molecule has 1 unspecified atom stereocenters. The minimum absolute atomic E-state index is 0.0585. The average Bonchev–Trinajstić information content (AvgIpc) is 2.33. The number of methoxy groups -OCH3 is 1. The molecule has 0 radical (unpaired) electrons. The van der Waals surface area contributed by atoms with E-state index in [1.165, 1.54) is 6.26 Å². The molecule has 2 N–H and O–H groups in total. The lowest BCUT2D eigenvalue weighted by molar-refractivity contribution is 0.292. The maximum Gasteiger partial charge on any atom is 0.175 e. The summed E-state index contributed by atoms with van der Waals surface area (Å²) in [6, 6.07) is 3.89. The third kappa shape index (κ3) is 6.67. The van der Waals surface area contributed by atoms with Gasteiger partial charge in [-0.05, 0) is 53.4 Å². The topological polar surface area (TPSA) is 78.6 Å². The SMILES string of the molecule is COc1cc(CC(C)N)cc(Br)c1OCCCS(C)(=O)=O. The molecule has 0 aromatic heterocycles. The number of benzene rings is 1. The van der Waals surface area contributed by atoms with Crippen molar-refractivity contribution in [2.75, 3.05) is 25.7 Å². The Bertz CT molecular complexity index is 573. The number of hydrogen-bond donors (Lipinski definition) is 1. The van der Waals surface area contributed by atoms with E-state index in [0.29, 0.717) is 24.5 Å². The van der Waals surface area contributed by atoms with E-state index in [2.05, 4.69) is 15.9 Å². The van der Waals surface area contributed by atoms with Crippen molar-refractivity contribution in [1.82, 2.24) is 0 Å². The third-order valence-electron chi connectivity index (χ3n) is 2.75. The summed E-state index contributed by atoms with van der Waals surface area (Å²) in [7, 11) is -1.39. The zero-order valence-corrected chi connectivity index (χ0v) is 15.0. The fourth-order valence-corrected chi connectivity index (χ4v) is 3.14. The molecule has 1 atom stereocenters. The van der Waals surface area contributed by atoms with E-state index >= 15 is 0 Å². The van der Waals surface area contributed by atoms with Gasteiger partial charge in [-0.1, -0.05) is 0 Å². The second-order valence-corrected chi connectivity index (χ2v) is 8.24. The Kier molecular flexibility index (Phi) is 6.96. The van der Waals surface area contributed by atoms with Crippen LogP contribution in [0.2, 0.25) is 0 Å². The van der Waals surface area contributed by atoms with Crippen LogP contribution in [0.15, 0.2) is 16.6 Å². The number of halogens is 1. The van der Waals surface area contributed by atoms with Gasteiger partial charge in [0.25, 0.3) is 0 Å². The van der Waals surface area contributed by atoms with Crippen molar-refractivity contribution in [1.29, 1.82) is 0 Å². The molecule has 0 heterocycles. The minimum Gasteiger partial charge on any atom is -0.493 e. The van der Waals surface area contributed by atoms with Gasteiger partial charge < -0.3 is 15.2 Å². The molecule has 120 valence electrons. The Hall–Kier alpha value is -0.790. The summed E-state index contributed by atoms with van der Waals surface area (Å²) in [6.07, 6.45) is 2.39. The number of ether oxygens (including phenoxy) is 2. The molecular formula is C14H22BrNO4S. The standard InChI is InChI=1S/C14H22BrNO4S/c1-10(16)7-11-8-12(15)14(13(9-11)19-2)20-5-4-6-21(3,17)18/h8-10H,4-7,16H2,1-3H3. The minimum atomic E-state index is -2.96. The third-order valence-corrected chi connectivity index (χ3v) is 4.37. The summed E-state index contributed by atoms with van der Waals surface area (Å²) < 4.78 is 33.9. The van der Waals surface area contributed by atoms with Crippen molar-refractivity contribution in [2.24, 2.45) is 5.73 Å². The fraction of sp³-hybridized carbons (Fsp3) is 0.571. The highest BCUT2D eigenvalue weighted by Crippen LogP contribution is 2.37. The molecule has 0 amide bonds. The van der Waals surface area contributed by atoms with Gasteiger partial charge in [-0.3, -0.25) is 0 Å². The molecule has 0 spiro atoms. The van der Waals surface area contributed by atoms with Gasteiger partial charge in [0.15, 0.2) is 11.5 Å². The molecule has 7 heteroatoms. The number of nitrogens with two attached hydrogens (primary N) is 1. The lowest BCUT2D eigenvalue weighted by Crippen LogP contribution is -2.17. The van der Waals surface area contributed by atoms with E-state index in [0.717, 1.165) is 16.5 Å². The molecule has 0 aliphatic heterocycles. The average molecular weight is 380 g/mol. The first kappa shape index (κ1) is 18.3. The summed E-state index contributed by atoms with van der Waals surface area (Å²) >= 11 is 3.46. The van der Waals surface area contributed by atoms with E-state index in [1.807, 2.05) is 19.1 Å². The largest absolute Gasteiger partial charge is 0.493 e. The van der Waals surface area contributed by atoms with Gasteiger partial charge in [0.05, 0.1) is 23.9 Å². The molecule has 1 aromatic carbocycles. The molecular weight excluding hydrogens is 358 g/mol. The van der Waals surface area contributed by atoms with Gasteiger partial charge in [-0.15, -0.1) is 0 Å². The van der Waals surface area contributed by atoms with Crippen LogP contribution in [0.4, 0.5) is 0 Å². The Morgan fingerprint density at radius 1 is 1.38 bits per heavy atom. The van der Waals surface area contributed by atoms with Gasteiger partial charge in [0.2, 0.25) is 0 Å². The van der Waals surface area contributed by atoms with Gasteiger partial charge in [-0.2, -0.15) is 0 Å². The molecule has 1 aromatic rings. The summed E-state index contributed by atoms with van der Waals surface area (Å²) in [5.41, 5.74) is 6.85. The lowest BCUT2D eigenvalue weighted by Gasteiger charge is -2.15. The maximum absolute atomic E-state index is 11.1. The van der Waals surface area contributed by atoms with Crippen LogP contribution >= 0.6 is 15.9 Å². The quantitative estimate of drug-likeness (QED) is 0.700. The van der Waals surface area contributed by atoms with Crippen LogP contribution < -0.4 is 15.2 Å². The number of rotatable bonds is 8. The molecule has 0 saturated carbocycles. The molecule has 0 bridgehead atoms. The first-order valence-corrected chi connectivity index (χ1v) is 9.51. The molecule has 5 nitrogen and oxygen atoms in total. The lowest BCUT2D eigenvalue weighted by atomic mass is 10.1. The second-order valence-electron chi connectivity index (χ2n) is 5.12. The Labute approximate surface area is 134 Å². The first-order chi connectivity index (χ1) is 9.73. The molecule has 0 aliphatic carbocycles. The number of hydrogen-bond acceptors (Lipinski definition) is 5. The van der Waals surface area contributed by atoms with Crippen LogP contribution in [0.1, 0.15) is 18.9 Å². The van der Waals surface area contributed by atoms with Crippen molar-refractivity contribution in [3.8, 4) is 11.5 Å². The summed E-state index contributed by atoms with van der Waals surface area (Å²) in [6.45, 7) is 2.25. The van der Waals surface area contributed by atoms with Crippen molar-refractivity contribution in [2.45, 2.75) is 25.8 Å². The van der Waals surface area contributed by atoms with Crippen LogP contribution in [0.3, 0.4) is 0 Å². The van der Waals surface area contributed by atoms with Crippen LogP contribution in [0, 0.1) is 0 Å². The van der Waals surface area contributed by atoms with Gasteiger partial charge in [0, 0.05) is 12.3 Å². The Morgan fingerprint density at radius 3 is 2.57 bits per heavy atom. The number of sulfone groups is 1. The van der Waals surface area contributed by atoms with Crippen molar-refractivity contribution >= 4 is 25.8 Å². The highest BCUT2D eigenvalue weighted by molar-refractivity contribution is 9.10. The fourth-order valence-electron chi connectivity index (χ4n) is 1.90. The zero-order valence-electron chi connectivity index (χ0n) is 12.6. The van der Waals surface area contributed by atoms with Gasteiger partial charge in [-0.25, -0.2) is 8.42 Å². The first-order valence-electron chi connectivity index (χ1n) is 6.65. The summed E-state index contributed by atoms with van der Waals surface area (Å²) in [5.74, 6) is 1.30. The maximum atomic E-state index is 11.1. The van der Waals surface area contributed by atoms with Crippen LogP contribution in [-0.2, 0) is 16.3 Å². The van der Waals surface area contributed by atoms with Crippen LogP contribution in [0.25, 0.3) is 0 Å². The normalized spacial score (nSPS) is 13.0. The smallest absolute Gasteiger partial charge is 0.175 e. The summed E-state index contributed by atoms with van der Waals surface area (Å²) in [4.78, 5) is 0. The zero-order chi connectivity index (χ0) is 16.0. The van der Waals surface area contributed by atoms with E-state index in [4.69, 9.17) is 15.2 Å². The van der Waals surface area contributed by atoms with E-state index in [9.17, 15) is 8.42 Å². The van der Waals surface area contributed by atoms with E-state index in [1.54, 1.807) is 7.11 Å². The molecule has 0 aliphatic rings. The highest BCUT2D eigenvalue weighted by atomic mass is 79.9. The predicted octanol–water partition coefficient (Wildman–Crippen LogP) is 2.16. The Morgan fingerprint density at radius 2 is 2.05 bits per heavy atom. The predicted molar refractivity (Wildman–Crippen MR) is 87.9 cm³/mol.